The van der Waals surface area contributed by atoms with Gasteiger partial charge in [-0.25, -0.2) is 5.43 Å². The average molecular weight is 419 g/mol. The Kier molecular flexibility index (Phi) is 6.95. The second kappa shape index (κ2) is 10.0. The monoisotopic (exact) mass is 419 g/mol. The van der Waals surface area contributed by atoms with Crippen molar-refractivity contribution in [3.8, 4) is 11.5 Å². The molecule has 0 aliphatic heterocycles. The molecule has 0 unspecified atom stereocenters. The molecule has 0 atom stereocenters. The summed E-state index contributed by atoms with van der Waals surface area (Å²) in [4.78, 5) is 22.8. The summed E-state index contributed by atoms with van der Waals surface area (Å²) in [5.41, 5.74) is 5.12. The maximum atomic E-state index is 12.4. The normalized spacial score (nSPS) is 10.6. The van der Waals surface area contributed by atoms with Gasteiger partial charge in [-0.3, -0.25) is 14.9 Å². The van der Waals surface area contributed by atoms with E-state index >= 15 is 0 Å². The highest BCUT2D eigenvalue weighted by Gasteiger charge is 2.17. The van der Waals surface area contributed by atoms with Gasteiger partial charge in [-0.05, 0) is 36.2 Å². The number of benzene rings is 3. The molecular weight excluding hydrogens is 398 g/mol. The molecule has 0 saturated carbocycles. The van der Waals surface area contributed by atoms with E-state index in [1.807, 2.05) is 49.4 Å². The molecule has 31 heavy (non-hydrogen) atoms. The second-order valence-electron chi connectivity index (χ2n) is 6.69. The van der Waals surface area contributed by atoms with Gasteiger partial charge in [0.05, 0.1) is 23.8 Å². The number of ether oxygens (including phenoxy) is 2. The van der Waals surface area contributed by atoms with E-state index in [2.05, 4.69) is 10.5 Å². The fraction of sp³-hybridized carbons (Fsp3) is 0.130. The van der Waals surface area contributed by atoms with E-state index in [0.717, 1.165) is 11.6 Å². The molecule has 0 bridgehead atoms. The molecule has 158 valence electrons. The number of hydrazone groups is 1. The van der Waals surface area contributed by atoms with E-state index in [1.54, 1.807) is 6.07 Å². The van der Waals surface area contributed by atoms with Gasteiger partial charge in [-0.15, -0.1) is 0 Å². The zero-order chi connectivity index (χ0) is 22.2. The maximum absolute atomic E-state index is 12.4. The lowest BCUT2D eigenvalue weighted by molar-refractivity contribution is -0.384. The van der Waals surface area contributed by atoms with Crippen LogP contribution in [0.4, 0.5) is 5.69 Å². The van der Waals surface area contributed by atoms with Crippen LogP contribution >= 0.6 is 0 Å². The molecule has 1 amide bonds. The number of nitro groups is 1. The minimum Gasteiger partial charge on any atom is -0.496 e. The molecule has 0 radical (unpaired) electrons. The largest absolute Gasteiger partial charge is 0.496 e. The molecule has 0 aliphatic carbocycles. The Morgan fingerprint density at radius 1 is 1.13 bits per heavy atom. The first-order valence-corrected chi connectivity index (χ1v) is 9.40. The summed E-state index contributed by atoms with van der Waals surface area (Å²) in [6.07, 6.45) is 1.46. The highest BCUT2D eigenvalue weighted by atomic mass is 16.6. The number of methoxy groups -OCH3 is 1. The first-order valence-electron chi connectivity index (χ1n) is 9.40. The number of nitro benzene ring substituents is 1. The van der Waals surface area contributed by atoms with Crippen LogP contribution in [0.25, 0.3) is 0 Å². The Balaban J connectivity index is 1.64. The summed E-state index contributed by atoms with van der Waals surface area (Å²) in [7, 11) is 1.38. The minimum atomic E-state index is -0.622. The van der Waals surface area contributed by atoms with Gasteiger partial charge in [0, 0.05) is 12.1 Å². The van der Waals surface area contributed by atoms with Crippen LogP contribution in [-0.2, 0) is 6.61 Å². The number of aryl methyl sites for hydroxylation is 1. The molecule has 0 fully saturated rings. The van der Waals surface area contributed by atoms with Crippen molar-refractivity contribution >= 4 is 17.8 Å². The van der Waals surface area contributed by atoms with Crippen LogP contribution in [0.3, 0.4) is 0 Å². The Morgan fingerprint density at radius 3 is 2.61 bits per heavy atom. The summed E-state index contributed by atoms with van der Waals surface area (Å²) in [5.74, 6) is 0.254. The third-order valence-electron chi connectivity index (χ3n) is 4.40. The average Bonchev–Trinajstić information content (AvgIpc) is 2.78. The van der Waals surface area contributed by atoms with Gasteiger partial charge in [0.2, 0.25) is 0 Å². The van der Waals surface area contributed by atoms with Crippen molar-refractivity contribution < 1.29 is 19.2 Å². The van der Waals surface area contributed by atoms with Crippen LogP contribution in [0.2, 0.25) is 0 Å². The van der Waals surface area contributed by atoms with Crippen LogP contribution in [0.1, 0.15) is 27.0 Å². The molecule has 0 aromatic heterocycles. The molecule has 8 heteroatoms. The van der Waals surface area contributed by atoms with Crippen molar-refractivity contribution in [1.82, 2.24) is 5.43 Å². The Morgan fingerprint density at radius 2 is 1.90 bits per heavy atom. The van der Waals surface area contributed by atoms with E-state index in [0.29, 0.717) is 17.9 Å². The fourth-order valence-corrected chi connectivity index (χ4v) is 2.75. The van der Waals surface area contributed by atoms with Crippen LogP contribution in [0, 0.1) is 17.0 Å². The van der Waals surface area contributed by atoms with E-state index in [-0.39, 0.29) is 17.0 Å². The zero-order valence-corrected chi connectivity index (χ0v) is 17.1. The lowest BCUT2D eigenvalue weighted by Gasteiger charge is -2.08. The summed E-state index contributed by atoms with van der Waals surface area (Å²) in [6, 6.07) is 19.1. The lowest BCUT2D eigenvalue weighted by atomic mass is 10.1. The number of hydrogen-bond donors (Lipinski definition) is 1. The first kappa shape index (κ1) is 21.5. The van der Waals surface area contributed by atoms with Crippen LogP contribution < -0.4 is 14.9 Å². The quantitative estimate of drug-likeness (QED) is 0.334. The molecular formula is C23H21N3O5. The molecule has 0 spiro atoms. The highest BCUT2D eigenvalue weighted by Crippen LogP contribution is 2.23. The molecule has 3 rings (SSSR count). The van der Waals surface area contributed by atoms with E-state index in [9.17, 15) is 14.9 Å². The Labute approximate surface area is 179 Å². The van der Waals surface area contributed by atoms with E-state index < -0.39 is 10.8 Å². The number of carbonyl (C=O) groups excluding carboxylic acids is 1. The van der Waals surface area contributed by atoms with Crippen molar-refractivity contribution in [1.29, 1.82) is 0 Å². The predicted molar refractivity (Wildman–Crippen MR) is 117 cm³/mol. The topological polar surface area (TPSA) is 103 Å². The molecule has 3 aromatic rings. The van der Waals surface area contributed by atoms with Gasteiger partial charge in [-0.1, -0.05) is 42.0 Å². The van der Waals surface area contributed by atoms with Crippen LogP contribution in [-0.4, -0.2) is 24.2 Å². The van der Waals surface area contributed by atoms with Crippen molar-refractivity contribution in [3.63, 3.8) is 0 Å². The Bertz CT molecular complexity index is 1110. The lowest BCUT2D eigenvalue weighted by Crippen LogP contribution is -2.18. The van der Waals surface area contributed by atoms with Gasteiger partial charge in [-0.2, -0.15) is 5.10 Å². The van der Waals surface area contributed by atoms with Crippen molar-refractivity contribution in [2.45, 2.75) is 13.5 Å². The summed E-state index contributed by atoms with van der Waals surface area (Å²) < 4.78 is 10.9. The van der Waals surface area contributed by atoms with Gasteiger partial charge in [0.25, 0.3) is 11.6 Å². The van der Waals surface area contributed by atoms with Crippen LogP contribution in [0.5, 0.6) is 11.5 Å². The summed E-state index contributed by atoms with van der Waals surface area (Å²) >= 11 is 0. The maximum Gasteiger partial charge on any atom is 0.275 e. The van der Waals surface area contributed by atoms with Crippen molar-refractivity contribution in [2.24, 2.45) is 5.10 Å². The molecule has 3 aromatic carbocycles. The number of rotatable bonds is 8. The van der Waals surface area contributed by atoms with Gasteiger partial charge < -0.3 is 9.47 Å². The van der Waals surface area contributed by atoms with Gasteiger partial charge in [0.15, 0.2) is 0 Å². The number of carbonyl (C=O) groups is 1. The van der Waals surface area contributed by atoms with Crippen molar-refractivity contribution in [2.75, 3.05) is 7.11 Å². The number of nitrogens with one attached hydrogen (secondary N) is 1. The number of non-ortho nitro benzene ring substituents is 1. The highest BCUT2D eigenvalue weighted by molar-refractivity contribution is 5.98. The second-order valence-corrected chi connectivity index (χ2v) is 6.69. The Hall–Kier alpha value is -4.20. The van der Waals surface area contributed by atoms with Crippen LogP contribution in [0.15, 0.2) is 71.8 Å². The molecule has 1 N–H and O–H groups in total. The van der Waals surface area contributed by atoms with E-state index in [4.69, 9.17) is 9.47 Å². The summed E-state index contributed by atoms with van der Waals surface area (Å²) in [5, 5.41) is 14.9. The first-order chi connectivity index (χ1) is 15.0. The van der Waals surface area contributed by atoms with Gasteiger partial charge in [0.1, 0.15) is 18.1 Å². The third-order valence-corrected chi connectivity index (χ3v) is 4.40. The number of nitrogens with zero attached hydrogens (tertiary/aromatic N) is 2. The molecule has 0 saturated heterocycles. The SMILES string of the molecule is COc1ccc([N+](=O)[O-])cc1C(=O)NN=Cc1cccc(OCc2ccc(C)cc2)c1. The fourth-order valence-electron chi connectivity index (χ4n) is 2.75. The van der Waals surface area contributed by atoms with Gasteiger partial charge >= 0.3 is 0 Å². The number of amides is 1. The van der Waals surface area contributed by atoms with E-state index in [1.165, 1.54) is 31.0 Å². The van der Waals surface area contributed by atoms with Crippen molar-refractivity contribution in [3.05, 3.63) is 99.1 Å². The smallest absolute Gasteiger partial charge is 0.275 e. The number of hydrogen-bond acceptors (Lipinski definition) is 6. The third kappa shape index (κ3) is 5.89. The predicted octanol–water partition coefficient (Wildman–Crippen LogP) is 4.25. The standard InChI is InChI=1S/C23H21N3O5/c1-16-6-8-17(9-7-16)15-31-20-5-3-4-18(12-20)14-24-25-23(27)21-13-19(26(28)29)10-11-22(21)30-2/h3-14H,15H2,1-2H3,(H,25,27). The molecule has 0 aliphatic rings. The zero-order valence-electron chi connectivity index (χ0n) is 17.1. The molecule has 0 heterocycles. The summed E-state index contributed by atoms with van der Waals surface area (Å²) in [6.45, 7) is 2.46. The minimum absolute atomic E-state index is 0.0176. The molecule has 8 nitrogen and oxygen atoms in total.